The lowest BCUT2D eigenvalue weighted by Crippen LogP contribution is -2.30. The van der Waals surface area contributed by atoms with Crippen molar-refractivity contribution >= 4 is 23.3 Å². The number of carbonyl (C=O) groups excluding carboxylic acids is 1. The summed E-state index contributed by atoms with van der Waals surface area (Å²) < 4.78 is 23.1. The van der Waals surface area contributed by atoms with E-state index >= 15 is 0 Å². The van der Waals surface area contributed by atoms with E-state index in [1.54, 1.807) is 31.2 Å². The Morgan fingerprint density at radius 2 is 1.84 bits per heavy atom. The molecule has 0 unspecified atom stereocenters. The van der Waals surface area contributed by atoms with Crippen molar-refractivity contribution in [1.82, 2.24) is 10.3 Å². The van der Waals surface area contributed by atoms with Crippen LogP contribution in [0.25, 0.3) is 11.3 Å². The van der Waals surface area contributed by atoms with Gasteiger partial charge in [0.1, 0.15) is 11.6 Å². The molecular weight excluding hydrogens is 349 g/mol. The Labute approximate surface area is 147 Å². The predicted molar refractivity (Wildman–Crippen MR) is 89.9 cm³/mol. The average Bonchev–Trinajstić information content (AvgIpc) is 3.05. The molecule has 1 atom stereocenters. The number of aromatic nitrogens is 2. The van der Waals surface area contributed by atoms with Gasteiger partial charge in [0, 0.05) is 10.6 Å². The van der Waals surface area contributed by atoms with Gasteiger partial charge in [-0.15, -0.1) is 0 Å². The van der Waals surface area contributed by atoms with E-state index in [2.05, 4.69) is 15.6 Å². The fraction of sp³-hybridized carbons (Fsp3) is 0.118. The number of ether oxygens (including phenoxy) is 1. The summed E-state index contributed by atoms with van der Waals surface area (Å²) in [6.07, 6.45) is -0.833. The minimum atomic E-state index is -0.833. The molecule has 1 amide bonds. The number of nitrogens with zero attached hydrogens (tertiary/aromatic N) is 2. The van der Waals surface area contributed by atoms with Gasteiger partial charge in [0.25, 0.3) is 5.91 Å². The highest BCUT2D eigenvalue weighted by atomic mass is 35.5. The molecule has 0 radical (unpaired) electrons. The Kier molecular flexibility index (Phi) is 4.95. The number of rotatable bonds is 5. The van der Waals surface area contributed by atoms with Crippen molar-refractivity contribution in [2.75, 3.05) is 5.32 Å². The Morgan fingerprint density at radius 3 is 2.52 bits per heavy atom. The summed E-state index contributed by atoms with van der Waals surface area (Å²) in [4.78, 5) is 12.3. The molecule has 0 saturated carbocycles. The van der Waals surface area contributed by atoms with Crippen molar-refractivity contribution in [2.45, 2.75) is 13.0 Å². The van der Waals surface area contributed by atoms with Gasteiger partial charge in [0.2, 0.25) is 5.82 Å². The van der Waals surface area contributed by atoms with Gasteiger partial charge in [-0.25, -0.2) is 9.02 Å². The van der Waals surface area contributed by atoms with E-state index in [0.717, 1.165) is 0 Å². The molecule has 0 spiro atoms. The SMILES string of the molecule is C[C@H](Oc1ccc(F)cc1)C(=O)Nc1nonc1-c1ccc(Cl)cc1. The van der Waals surface area contributed by atoms with Crippen molar-refractivity contribution in [1.29, 1.82) is 0 Å². The topological polar surface area (TPSA) is 77.2 Å². The molecule has 3 aromatic rings. The van der Waals surface area contributed by atoms with Gasteiger partial charge in [-0.3, -0.25) is 4.79 Å². The van der Waals surface area contributed by atoms with Crippen molar-refractivity contribution < 1.29 is 18.6 Å². The zero-order chi connectivity index (χ0) is 17.8. The number of hydrogen-bond donors (Lipinski definition) is 1. The number of carbonyl (C=O) groups is 1. The van der Waals surface area contributed by atoms with Crippen LogP contribution in [0.4, 0.5) is 10.2 Å². The Morgan fingerprint density at radius 1 is 1.16 bits per heavy atom. The lowest BCUT2D eigenvalue weighted by molar-refractivity contribution is -0.122. The van der Waals surface area contributed by atoms with Gasteiger partial charge in [-0.05, 0) is 53.6 Å². The Hall–Kier alpha value is -2.93. The van der Waals surface area contributed by atoms with E-state index in [1.165, 1.54) is 24.3 Å². The number of hydrogen-bond acceptors (Lipinski definition) is 5. The first-order valence-corrected chi connectivity index (χ1v) is 7.72. The molecule has 2 aromatic carbocycles. The largest absolute Gasteiger partial charge is 0.481 e. The quantitative estimate of drug-likeness (QED) is 0.744. The van der Waals surface area contributed by atoms with Crippen LogP contribution in [-0.4, -0.2) is 22.3 Å². The summed E-state index contributed by atoms with van der Waals surface area (Å²) in [5, 5.41) is 10.7. The molecular formula is C17H13ClFN3O3. The van der Waals surface area contributed by atoms with Crippen LogP contribution in [0.2, 0.25) is 5.02 Å². The summed E-state index contributed by atoms with van der Waals surface area (Å²) >= 11 is 5.86. The van der Waals surface area contributed by atoms with Gasteiger partial charge in [-0.2, -0.15) is 0 Å². The van der Waals surface area contributed by atoms with Crippen LogP contribution >= 0.6 is 11.6 Å². The standard InChI is InChI=1S/C17H13ClFN3O3/c1-10(24-14-8-6-13(19)7-9-14)17(23)20-16-15(21-25-22-16)11-2-4-12(18)5-3-11/h2-10H,1H3,(H,20,22,23)/t10-/m0/s1. The molecule has 1 heterocycles. The van der Waals surface area contributed by atoms with Crippen molar-refractivity contribution in [3.05, 3.63) is 59.4 Å². The zero-order valence-electron chi connectivity index (χ0n) is 13.1. The fourth-order valence-electron chi connectivity index (χ4n) is 2.06. The second kappa shape index (κ2) is 7.31. The van der Waals surface area contributed by atoms with Gasteiger partial charge in [0.05, 0.1) is 0 Å². The van der Waals surface area contributed by atoms with E-state index in [1.807, 2.05) is 0 Å². The minimum absolute atomic E-state index is 0.168. The van der Waals surface area contributed by atoms with Crippen molar-refractivity contribution in [2.24, 2.45) is 0 Å². The fourth-order valence-corrected chi connectivity index (χ4v) is 2.18. The number of halogens is 2. The molecule has 0 fully saturated rings. The van der Waals surface area contributed by atoms with E-state index in [-0.39, 0.29) is 11.6 Å². The third-order valence-corrected chi connectivity index (χ3v) is 3.60. The van der Waals surface area contributed by atoms with Crippen LogP contribution in [0, 0.1) is 5.82 Å². The van der Waals surface area contributed by atoms with Crippen LogP contribution in [0.1, 0.15) is 6.92 Å². The molecule has 25 heavy (non-hydrogen) atoms. The zero-order valence-corrected chi connectivity index (χ0v) is 13.8. The monoisotopic (exact) mass is 361 g/mol. The third-order valence-electron chi connectivity index (χ3n) is 3.34. The van der Waals surface area contributed by atoms with Crippen LogP contribution < -0.4 is 10.1 Å². The second-order valence-corrected chi connectivity index (χ2v) is 5.61. The lowest BCUT2D eigenvalue weighted by atomic mass is 10.1. The highest BCUT2D eigenvalue weighted by molar-refractivity contribution is 6.30. The first kappa shape index (κ1) is 16.9. The predicted octanol–water partition coefficient (Wildman–Crippen LogP) is 3.94. The second-order valence-electron chi connectivity index (χ2n) is 5.17. The molecule has 1 N–H and O–H groups in total. The molecule has 0 aliphatic carbocycles. The smallest absolute Gasteiger partial charge is 0.266 e. The number of nitrogens with one attached hydrogen (secondary N) is 1. The van der Waals surface area contributed by atoms with Gasteiger partial charge in [-0.1, -0.05) is 23.7 Å². The lowest BCUT2D eigenvalue weighted by Gasteiger charge is -2.13. The third kappa shape index (κ3) is 4.13. The van der Waals surface area contributed by atoms with E-state index < -0.39 is 12.0 Å². The molecule has 0 aliphatic heterocycles. The van der Waals surface area contributed by atoms with Crippen LogP contribution in [-0.2, 0) is 4.79 Å². The van der Waals surface area contributed by atoms with Crippen LogP contribution in [0.15, 0.2) is 53.2 Å². The first-order chi connectivity index (χ1) is 12.0. The molecule has 0 bridgehead atoms. The van der Waals surface area contributed by atoms with Crippen molar-refractivity contribution in [3.63, 3.8) is 0 Å². The average molecular weight is 362 g/mol. The van der Waals surface area contributed by atoms with Gasteiger partial charge < -0.3 is 10.1 Å². The summed E-state index contributed by atoms with van der Waals surface area (Å²) in [6.45, 7) is 1.56. The van der Waals surface area contributed by atoms with Crippen molar-refractivity contribution in [3.8, 4) is 17.0 Å². The van der Waals surface area contributed by atoms with E-state index in [4.69, 9.17) is 21.0 Å². The molecule has 8 heteroatoms. The molecule has 0 saturated heterocycles. The highest BCUT2D eigenvalue weighted by Crippen LogP contribution is 2.26. The van der Waals surface area contributed by atoms with Gasteiger partial charge >= 0.3 is 0 Å². The Bertz CT molecular complexity index is 866. The molecule has 3 rings (SSSR count). The molecule has 0 aliphatic rings. The summed E-state index contributed by atoms with van der Waals surface area (Å²) in [5.74, 6) is -0.289. The van der Waals surface area contributed by atoms with E-state index in [0.29, 0.717) is 22.0 Å². The van der Waals surface area contributed by atoms with Crippen LogP contribution in [0.5, 0.6) is 5.75 Å². The normalized spacial score (nSPS) is 11.8. The maximum absolute atomic E-state index is 12.9. The molecule has 6 nitrogen and oxygen atoms in total. The summed E-state index contributed by atoms with van der Waals surface area (Å²) in [7, 11) is 0. The number of amides is 1. The summed E-state index contributed by atoms with van der Waals surface area (Å²) in [6, 6.07) is 12.2. The molecule has 128 valence electrons. The number of benzene rings is 2. The summed E-state index contributed by atoms with van der Waals surface area (Å²) in [5.41, 5.74) is 1.06. The van der Waals surface area contributed by atoms with Crippen LogP contribution in [0.3, 0.4) is 0 Å². The Balaban J connectivity index is 1.70. The maximum atomic E-state index is 12.9. The van der Waals surface area contributed by atoms with E-state index in [9.17, 15) is 9.18 Å². The molecule has 1 aromatic heterocycles. The maximum Gasteiger partial charge on any atom is 0.266 e. The minimum Gasteiger partial charge on any atom is -0.481 e. The first-order valence-electron chi connectivity index (χ1n) is 7.34. The van der Waals surface area contributed by atoms with Gasteiger partial charge in [0.15, 0.2) is 11.8 Å². The highest BCUT2D eigenvalue weighted by Gasteiger charge is 2.20. The number of anilines is 1.